The van der Waals surface area contributed by atoms with Crippen LogP contribution in [-0.4, -0.2) is 48.8 Å². The quantitative estimate of drug-likeness (QED) is 0.800. The highest BCUT2D eigenvalue weighted by Crippen LogP contribution is 2.29. The summed E-state index contributed by atoms with van der Waals surface area (Å²) >= 11 is 0. The number of hydrogen-bond acceptors (Lipinski definition) is 3. The third-order valence-electron chi connectivity index (χ3n) is 4.44. The van der Waals surface area contributed by atoms with Gasteiger partial charge in [0.25, 0.3) is 0 Å². The number of hydrogen-bond donors (Lipinski definition) is 1. The van der Waals surface area contributed by atoms with Crippen LogP contribution < -0.4 is 5.32 Å². The Morgan fingerprint density at radius 2 is 1.88 bits per heavy atom. The Bertz CT molecular complexity index is 236. The second-order valence-corrected chi connectivity index (χ2v) is 6.09. The van der Waals surface area contributed by atoms with Gasteiger partial charge in [0.15, 0.2) is 0 Å². The lowest BCUT2D eigenvalue weighted by molar-refractivity contribution is -0.0276. The second kappa shape index (κ2) is 5.68. The summed E-state index contributed by atoms with van der Waals surface area (Å²) in [6.45, 7) is 14.5. The van der Waals surface area contributed by atoms with E-state index in [9.17, 15) is 0 Å². The molecule has 1 N–H and O–H groups in total. The van der Waals surface area contributed by atoms with Crippen LogP contribution in [0.4, 0.5) is 0 Å². The topological polar surface area (TPSA) is 24.5 Å². The van der Waals surface area contributed by atoms with Crippen LogP contribution in [0.1, 0.15) is 47.5 Å². The SMILES string of the molecule is CCC1(CC)CN(C(C)COC)C(C)(C)CN1. The van der Waals surface area contributed by atoms with Crippen molar-refractivity contribution in [3.8, 4) is 0 Å². The minimum atomic E-state index is 0.214. The molecule has 0 spiro atoms. The molecule has 17 heavy (non-hydrogen) atoms. The van der Waals surface area contributed by atoms with Crippen molar-refractivity contribution in [3.05, 3.63) is 0 Å². The van der Waals surface area contributed by atoms with E-state index in [1.807, 2.05) is 0 Å². The van der Waals surface area contributed by atoms with Gasteiger partial charge in [0, 0.05) is 37.3 Å². The van der Waals surface area contributed by atoms with Crippen molar-refractivity contribution in [1.82, 2.24) is 10.2 Å². The normalized spacial score (nSPS) is 25.8. The second-order valence-electron chi connectivity index (χ2n) is 6.09. The van der Waals surface area contributed by atoms with Crippen LogP contribution in [0.15, 0.2) is 0 Å². The average Bonchev–Trinajstić information content (AvgIpc) is 2.30. The van der Waals surface area contributed by atoms with Crippen molar-refractivity contribution in [2.24, 2.45) is 0 Å². The van der Waals surface area contributed by atoms with Crippen LogP contribution in [0.25, 0.3) is 0 Å². The first-order chi connectivity index (χ1) is 7.90. The Kier molecular flexibility index (Phi) is 4.99. The maximum absolute atomic E-state index is 5.32. The largest absolute Gasteiger partial charge is 0.383 e. The van der Waals surface area contributed by atoms with Gasteiger partial charge in [-0.05, 0) is 33.6 Å². The van der Waals surface area contributed by atoms with Crippen LogP contribution in [0.3, 0.4) is 0 Å². The van der Waals surface area contributed by atoms with Crippen LogP contribution in [0.2, 0.25) is 0 Å². The Balaban J connectivity index is 2.82. The maximum atomic E-state index is 5.32. The van der Waals surface area contributed by atoms with Gasteiger partial charge in [-0.25, -0.2) is 0 Å². The van der Waals surface area contributed by atoms with Crippen LogP contribution in [0.5, 0.6) is 0 Å². The Hall–Kier alpha value is -0.120. The van der Waals surface area contributed by atoms with E-state index in [4.69, 9.17) is 4.74 Å². The first-order valence-corrected chi connectivity index (χ1v) is 6.91. The van der Waals surface area contributed by atoms with Gasteiger partial charge in [0.1, 0.15) is 0 Å². The molecule has 0 amide bonds. The maximum Gasteiger partial charge on any atom is 0.0615 e. The van der Waals surface area contributed by atoms with Crippen LogP contribution in [0, 0.1) is 0 Å². The van der Waals surface area contributed by atoms with E-state index < -0.39 is 0 Å². The van der Waals surface area contributed by atoms with Gasteiger partial charge in [-0.3, -0.25) is 4.90 Å². The Morgan fingerprint density at radius 1 is 1.29 bits per heavy atom. The summed E-state index contributed by atoms with van der Waals surface area (Å²) in [5, 5.41) is 3.77. The van der Waals surface area contributed by atoms with Gasteiger partial charge in [-0.2, -0.15) is 0 Å². The molecule has 0 saturated carbocycles. The molecule has 1 fully saturated rings. The lowest BCUT2D eigenvalue weighted by atomic mass is 9.84. The molecule has 1 unspecified atom stereocenters. The number of nitrogens with zero attached hydrogens (tertiary/aromatic N) is 1. The molecule has 1 rings (SSSR count). The monoisotopic (exact) mass is 242 g/mol. The third-order valence-corrected chi connectivity index (χ3v) is 4.44. The molecule has 3 heteroatoms. The average molecular weight is 242 g/mol. The van der Waals surface area contributed by atoms with Crippen molar-refractivity contribution < 1.29 is 4.74 Å². The van der Waals surface area contributed by atoms with Crippen LogP contribution >= 0.6 is 0 Å². The van der Waals surface area contributed by atoms with E-state index in [0.29, 0.717) is 6.04 Å². The lowest BCUT2D eigenvalue weighted by Crippen LogP contribution is -2.69. The molecule has 0 bridgehead atoms. The first-order valence-electron chi connectivity index (χ1n) is 6.91. The van der Waals surface area contributed by atoms with Crippen LogP contribution in [-0.2, 0) is 4.74 Å². The molecule has 1 atom stereocenters. The Morgan fingerprint density at radius 3 is 2.35 bits per heavy atom. The smallest absolute Gasteiger partial charge is 0.0615 e. The number of piperazine rings is 1. The summed E-state index contributed by atoms with van der Waals surface area (Å²) < 4.78 is 5.32. The van der Waals surface area contributed by atoms with E-state index in [1.54, 1.807) is 7.11 Å². The zero-order valence-corrected chi connectivity index (χ0v) is 12.5. The summed E-state index contributed by atoms with van der Waals surface area (Å²) in [6.07, 6.45) is 2.38. The number of rotatable bonds is 5. The molecule has 1 aliphatic rings. The molecule has 102 valence electrons. The zero-order valence-electron chi connectivity index (χ0n) is 12.5. The fourth-order valence-electron chi connectivity index (χ4n) is 2.91. The van der Waals surface area contributed by atoms with Crippen molar-refractivity contribution >= 4 is 0 Å². The highest BCUT2D eigenvalue weighted by atomic mass is 16.5. The lowest BCUT2D eigenvalue weighted by Gasteiger charge is -2.54. The van der Waals surface area contributed by atoms with Gasteiger partial charge in [-0.15, -0.1) is 0 Å². The van der Waals surface area contributed by atoms with Gasteiger partial charge < -0.3 is 10.1 Å². The van der Waals surface area contributed by atoms with Gasteiger partial charge in [0.2, 0.25) is 0 Å². The first kappa shape index (κ1) is 14.9. The summed E-state index contributed by atoms with van der Waals surface area (Å²) in [5.41, 5.74) is 0.503. The predicted octanol–water partition coefficient (Wildman–Crippen LogP) is 2.26. The molecule has 0 aromatic rings. The minimum Gasteiger partial charge on any atom is -0.383 e. The number of nitrogens with one attached hydrogen (secondary N) is 1. The van der Waals surface area contributed by atoms with Gasteiger partial charge in [-0.1, -0.05) is 13.8 Å². The molecule has 0 aromatic heterocycles. The molecule has 1 aliphatic heterocycles. The number of ether oxygens (including phenoxy) is 1. The van der Waals surface area contributed by atoms with Gasteiger partial charge in [0.05, 0.1) is 6.61 Å². The molecule has 1 heterocycles. The highest BCUT2D eigenvalue weighted by molar-refractivity contribution is 5.02. The minimum absolute atomic E-state index is 0.214. The van der Waals surface area contributed by atoms with E-state index in [1.165, 1.54) is 12.8 Å². The van der Waals surface area contributed by atoms with E-state index in [2.05, 4.69) is 44.8 Å². The molecule has 3 nitrogen and oxygen atoms in total. The summed E-state index contributed by atoms with van der Waals surface area (Å²) in [5.74, 6) is 0. The molecule has 0 radical (unpaired) electrons. The number of methoxy groups -OCH3 is 1. The molecular formula is C14H30N2O. The fraction of sp³-hybridized carbons (Fsp3) is 1.00. The highest BCUT2D eigenvalue weighted by Gasteiger charge is 2.42. The van der Waals surface area contributed by atoms with Crippen molar-refractivity contribution in [2.45, 2.75) is 64.6 Å². The van der Waals surface area contributed by atoms with Crippen molar-refractivity contribution in [1.29, 1.82) is 0 Å². The summed E-state index contributed by atoms with van der Waals surface area (Å²) in [4.78, 5) is 2.61. The summed E-state index contributed by atoms with van der Waals surface area (Å²) in [6, 6.07) is 0.481. The van der Waals surface area contributed by atoms with E-state index >= 15 is 0 Å². The van der Waals surface area contributed by atoms with Crippen molar-refractivity contribution in [3.63, 3.8) is 0 Å². The standard InChI is InChI=1S/C14H30N2O/c1-7-14(8-2)11-16(12(3)9-17-6)13(4,5)10-15-14/h12,15H,7-11H2,1-6H3. The molecule has 1 saturated heterocycles. The van der Waals surface area contributed by atoms with E-state index in [0.717, 1.165) is 19.7 Å². The molecular weight excluding hydrogens is 212 g/mol. The zero-order chi connectivity index (χ0) is 13.1. The molecule has 0 aromatic carbocycles. The fourth-order valence-corrected chi connectivity index (χ4v) is 2.91. The predicted molar refractivity (Wildman–Crippen MR) is 73.4 cm³/mol. The van der Waals surface area contributed by atoms with Crippen molar-refractivity contribution in [2.75, 3.05) is 26.8 Å². The molecule has 0 aliphatic carbocycles. The van der Waals surface area contributed by atoms with Gasteiger partial charge >= 0.3 is 0 Å². The Labute approximate surface area is 107 Å². The van der Waals surface area contributed by atoms with E-state index in [-0.39, 0.29) is 11.1 Å². The summed E-state index contributed by atoms with van der Waals surface area (Å²) in [7, 11) is 1.79. The third kappa shape index (κ3) is 3.21.